The fourth-order valence-corrected chi connectivity index (χ4v) is 3.45. The first-order chi connectivity index (χ1) is 13.3. The van der Waals surface area contributed by atoms with Crippen molar-refractivity contribution in [2.24, 2.45) is 0 Å². The van der Waals surface area contributed by atoms with E-state index < -0.39 is 19.9 Å². The summed E-state index contributed by atoms with van der Waals surface area (Å²) >= 11 is 5.66. The highest BCUT2D eigenvalue weighted by atomic mass is 35.5. The Morgan fingerprint density at radius 2 is 1.86 bits per heavy atom. The van der Waals surface area contributed by atoms with Gasteiger partial charge in [0, 0.05) is 24.4 Å². The third-order valence-corrected chi connectivity index (χ3v) is 10.1. The molecule has 0 aromatic carbocycles. The van der Waals surface area contributed by atoms with Gasteiger partial charge in [-0.2, -0.15) is 0 Å². The minimum absolute atomic E-state index is 0.0898. The Labute approximate surface area is 179 Å². The van der Waals surface area contributed by atoms with Crippen molar-refractivity contribution in [2.75, 3.05) is 13.7 Å². The number of amides is 1. The Balaban J connectivity index is 2.75. The molecule has 1 unspecified atom stereocenters. The van der Waals surface area contributed by atoms with Crippen LogP contribution in [0, 0.1) is 0 Å². The molecule has 9 heteroatoms. The van der Waals surface area contributed by atoms with Crippen LogP contribution >= 0.6 is 11.9 Å². The van der Waals surface area contributed by atoms with E-state index in [1.54, 1.807) is 19.1 Å². The van der Waals surface area contributed by atoms with E-state index >= 15 is 0 Å². The number of aromatic nitrogens is 1. The van der Waals surface area contributed by atoms with E-state index in [0.29, 0.717) is 17.9 Å². The number of halogens is 1. The van der Waals surface area contributed by atoms with Gasteiger partial charge >= 0.3 is 5.97 Å². The highest BCUT2D eigenvalue weighted by molar-refractivity contribution is 6.74. The molecule has 7 nitrogen and oxygen atoms in total. The molecule has 2 atom stereocenters. The highest BCUT2D eigenvalue weighted by Crippen LogP contribution is 2.36. The molecular formula is C20H33ClN2O5Si. The molecule has 164 valence electrons. The number of esters is 1. The molecule has 0 saturated heterocycles. The number of carbonyl (C=O) groups excluding carboxylic acids is 2. The molecule has 1 aromatic rings. The zero-order valence-electron chi connectivity index (χ0n) is 18.6. The molecular weight excluding hydrogens is 412 g/mol. The third kappa shape index (κ3) is 7.06. The molecule has 1 rings (SSSR count). The molecule has 1 aromatic heterocycles. The van der Waals surface area contributed by atoms with Gasteiger partial charge < -0.3 is 14.5 Å². The first-order valence-electron chi connectivity index (χ1n) is 9.53. The lowest BCUT2D eigenvalue weighted by Gasteiger charge is -2.37. The Kier molecular flexibility index (Phi) is 8.83. The van der Waals surface area contributed by atoms with Gasteiger partial charge in [0.05, 0.1) is 31.1 Å². The molecule has 1 heterocycles. The second kappa shape index (κ2) is 10.0. The standard InChI is InChI=1S/C20H33ClN2O5Si/c1-14(13-27-29(7,8)19(2,3)4)23-18(25)20(5,28-21)11-16-10-9-15(12-22-16)17(24)26-6/h9-10,12,14H,11,13H2,1-8H3,(H,23,25)/t14-,20?/m0/s1. The third-order valence-electron chi connectivity index (χ3n) is 5.29. The summed E-state index contributed by atoms with van der Waals surface area (Å²) in [6.45, 7) is 14.7. The van der Waals surface area contributed by atoms with Gasteiger partial charge in [-0.25, -0.2) is 4.79 Å². The number of nitrogens with zero attached hydrogens (tertiary/aromatic N) is 1. The SMILES string of the molecule is COC(=O)c1ccc(CC(C)(OCl)C(=O)N[C@@H](C)CO[Si](C)(C)C(C)(C)C)nc1. The van der Waals surface area contributed by atoms with Crippen molar-refractivity contribution in [2.45, 2.75) is 70.8 Å². The number of hydrogen-bond donors (Lipinski definition) is 1. The van der Waals surface area contributed by atoms with Gasteiger partial charge in [-0.15, -0.1) is 0 Å². The van der Waals surface area contributed by atoms with E-state index in [4.69, 9.17) is 20.6 Å². The molecule has 0 aliphatic carbocycles. The van der Waals surface area contributed by atoms with Crippen molar-refractivity contribution in [3.63, 3.8) is 0 Å². The van der Waals surface area contributed by atoms with Gasteiger partial charge in [-0.3, -0.25) is 14.1 Å². The van der Waals surface area contributed by atoms with Crippen LogP contribution in [-0.4, -0.2) is 50.5 Å². The van der Waals surface area contributed by atoms with Crippen LogP contribution in [-0.2, 0) is 24.7 Å². The summed E-state index contributed by atoms with van der Waals surface area (Å²) in [5.74, 6) is -0.841. The van der Waals surface area contributed by atoms with Crippen LogP contribution in [0.4, 0.5) is 0 Å². The minimum Gasteiger partial charge on any atom is -0.465 e. The molecule has 29 heavy (non-hydrogen) atoms. The average Bonchev–Trinajstić information content (AvgIpc) is 2.65. The summed E-state index contributed by atoms with van der Waals surface area (Å²) in [5, 5.41) is 2.99. The summed E-state index contributed by atoms with van der Waals surface area (Å²) in [6.07, 6.45) is 1.53. The lowest BCUT2D eigenvalue weighted by molar-refractivity contribution is -0.136. The van der Waals surface area contributed by atoms with Crippen LogP contribution in [0.2, 0.25) is 18.1 Å². The van der Waals surface area contributed by atoms with E-state index in [1.165, 1.54) is 13.3 Å². The average molecular weight is 445 g/mol. The van der Waals surface area contributed by atoms with Crippen LogP contribution in [0.15, 0.2) is 18.3 Å². The maximum absolute atomic E-state index is 12.8. The Morgan fingerprint density at radius 3 is 2.31 bits per heavy atom. The normalized spacial score (nSPS) is 15.3. The summed E-state index contributed by atoms with van der Waals surface area (Å²) in [6, 6.07) is 3.01. The molecule has 1 N–H and O–H groups in total. The number of methoxy groups -OCH3 is 1. The molecule has 0 bridgehead atoms. The number of nitrogens with one attached hydrogen (secondary N) is 1. The summed E-state index contributed by atoms with van der Waals surface area (Å²) in [5.41, 5.74) is -0.446. The maximum Gasteiger partial charge on any atom is 0.339 e. The van der Waals surface area contributed by atoms with Gasteiger partial charge in [0.25, 0.3) is 5.91 Å². The van der Waals surface area contributed by atoms with Gasteiger partial charge in [-0.05, 0) is 44.1 Å². The van der Waals surface area contributed by atoms with E-state index in [2.05, 4.69) is 48.9 Å². The second-order valence-electron chi connectivity index (χ2n) is 8.96. The van der Waals surface area contributed by atoms with E-state index in [0.717, 1.165) is 0 Å². The lowest BCUT2D eigenvalue weighted by Crippen LogP contribution is -2.52. The molecule has 0 radical (unpaired) electrons. The molecule has 0 aliphatic rings. The van der Waals surface area contributed by atoms with Gasteiger partial charge in [-0.1, -0.05) is 20.8 Å². The molecule has 1 amide bonds. The van der Waals surface area contributed by atoms with Crippen molar-refractivity contribution >= 4 is 32.1 Å². The van der Waals surface area contributed by atoms with E-state index in [9.17, 15) is 9.59 Å². The quantitative estimate of drug-likeness (QED) is 0.459. The Bertz CT molecular complexity index is 706. The zero-order chi connectivity index (χ0) is 22.5. The van der Waals surface area contributed by atoms with Gasteiger partial charge in [0.1, 0.15) is 0 Å². The van der Waals surface area contributed by atoms with Gasteiger partial charge in [0.15, 0.2) is 13.9 Å². The fourth-order valence-electron chi connectivity index (χ4n) is 2.22. The second-order valence-corrected chi connectivity index (χ2v) is 13.9. The number of hydrogen-bond acceptors (Lipinski definition) is 6. The van der Waals surface area contributed by atoms with Crippen LogP contribution in [0.1, 0.15) is 50.7 Å². The number of ether oxygens (including phenoxy) is 1. The van der Waals surface area contributed by atoms with E-state index in [-0.39, 0.29) is 23.4 Å². The van der Waals surface area contributed by atoms with Crippen LogP contribution in [0.5, 0.6) is 0 Å². The van der Waals surface area contributed by atoms with Crippen molar-refractivity contribution in [3.8, 4) is 0 Å². The maximum atomic E-state index is 12.8. The predicted octanol–water partition coefficient (Wildman–Crippen LogP) is 3.87. The lowest BCUT2D eigenvalue weighted by atomic mass is 9.98. The van der Waals surface area contributed by atoms with Crippen molar-refractivity contribution < 1.29 is 23.0 Å². The number of pyridine rings is 1. The molecule has 0 spiro atoms. The summed E-state index contributed by atoms with van der Waals surface area (Å²) < 4.78 is 15.8. The van der Waals surface area contributed by atoms with Crippen molar-refractivity contribution in [1.82, 2.24) is 10.3 Å². The zero-order valence-corrected chi connectivity index (χ0v) is 20.3. The van der Waals surface area contributed by atoms with Crippen LogP contribution < -0.4 is 5.32 Å². The highest BCUT2D eigenvalue weighted by Gasteiger charge is 2.39. The topological polar surface area (TPSA) is 86.8 Å². The largest absolute Gasteiger partial charge is 0.465 e. The number of rotatable bonds is 9. The van der Waals surface area contributed by atoms with Crippen LogP contribution in [0.3, 0.4) is 0 Å². The first kappa shape index (κ1) is 25.6. The monoisotopic (exact) mass is 444 g/mol. The van der Waals surface area contributed by atoms with Crippen molar-refractivity contribution in [3.05, 3.63) is 29.6 Å². The summed E-state index contributed by atoms with van der Waals surface area (Å²) in [4.78, 5) is 28.5. The molecule has 0 aliphatic heterocycles. The van der Waals surface area contributed by atoms with E-state index in [1.807, 2.05) is 6.92 Å². The molecule has 0 fully saturated rings. The smallest absolute Gasteiger partial charge is 0.339 e. The van der Waals surface area contributed by atoms with Gasteiger partial charge in [0.2, 0.25) is 0 Å². The fraction of sp³-hybridized carbons (Fsp3) is 0.650. The first-order valence-corrected chi connectivity index (χ1v) is 12.8. The summed E-state index contributed by atoms with van der Waals surface area (Å²) in [7, 11) is -0.608. The Hall–Kier alpha value is -1.48. The molecule has 0 saturated carbocycles. The number of carbonyl (C=O) groups is 2. The van der Waals surface area contributed by atoms with Crippen molar-refractivity contribution in [1.29, 1.82) is 0 Å². The Morgan fingerprint density at radius 1 is 1.24 bits per heavy atom. The predicted molar refractivity (Wildman–Crippen MR) is 115 cm³/mol. The minimum atomic E-state index is -1.91. The van der Waals surface area contributed by atoms with Crippen LogP contribution in [0.25, 0.3) is 0 Å².